The monoisotopic (exact) mass is 304 g/mol. The number of amides is 1. The van der Waals surface area contributed by atoms with Crippen molar-refractivity contribution >= 4 is 22.4 Å². The highest BCUT2D eigenvalue weighted by Gasteiger charge is 2.15. The Morgan fingerprint density at radius 3 is 2.76 bits per heavy atom. The first-order valence-corrected chi connectivity index (χ1v) is 7.93. The van der Waals surface area contributed by atoms with E-state index in [-0.39, 0.29) is 5.91 Å². The SMILES string of the molecule is CCC(CC)c1nnc(NC(=O)c2cccc(CN)c2)s1. The van der Waals surface area contributed by atoms with Gasteiger partial charge in [-0.15, -0.1) is 10.2 Å². The third kappa shape index (κ3) is 3.86. The molecule has 0 atom stereocenters. The number of hydrogen-bond donors (Lipinski definition) is 2. The molecule has 2 rings (SSSR count). The molecule has 0 aliphatic rings. The van der Waals surface area contributed by atoms with Gasteiger partial charge in [0.15, 0.2) is 0 Å². The zero-order valence-electron chi connectivity index (χ0n) is 12.3. The predicted octanol–water partition coefficient (Wildman–Crippen LogP) is 3.15. The van der Waals surface area contributed by atoms with Gasteiger partial charge in [0.2, 0.25) is 5.13 Å². The van der Waals surface area contributed by atoms with Crippen molar-refractivity contribution in [3.8, 4) is 0 Å². The second-order valence-electron chi connectivity index (χ2n) is 4.82. The van der Waals surface area contributed by atoms with Crippen LogP contribution in [-0.4, -0.2) is 16.1 Å². The molecule has 0 saturated heterocycles. The molecule has 0 spiro atoms. The van der Waals surface area contributed by atoms with Gasteiger partial charge < -0.3 is 5.73 Å². The molecule has 0 saturated carbocycles. The molecule has 0 fully saturated rings. The molecule has 0 aliphatic heterocycles. The summed E-state index contributed by atoms with van der Waals surface area (Å²) in [6, 6.07) is 7.27. The standard InChI is InChI=1S/C15H20N4OS/c1-3-11(4-2)14-18-19-15(21-14)17-13(20)12-7-5-6-10(8-12)9-16/h5-8,11H,3-4,9,16H2,1-2H3,(H,17,19,20). The largest absolute Gasteiger partial charge is 0.326 e. The first kappa shape index (κ1) is 15.6. The number of hydrogen-bond acceptors (Lipinski definition) is 5. The smallest absolute Gasteiger partial charge is 0.257 e. The molecular weight excluding hydrogens is 284 g/mol. The van der Waals surface area contributed by atoms with Gasteiger partial charge in [0.05, 0.1) is 0 Å². The first-order valence-electron chi connectivity index (χ1n) is 7.11. The first-order chi connectivity index (χ1) is 10.2. The van der Waals surface area contributed by atoms with Crippen molar-refractivity contribution in [2.75, 3.05) is 5.32 Å². The molecule has 2 aromatic rings. The molecule has 0 radical (unpaired) electrons. The summed E-state index contributed by atoms with van der Waals surface area (Å²) in [4.78, 5) is 12.2. The number of nitrogens with two attached hydrogens (primary N) is 1. The fraction of sp³-hybridized carbons (Fsp3) is 0.400. The van der Waals surface area contributed by atoms with Crippen molar-refractivity contribution in [3.05, 3.63) is 40.4 Å². The van der Waals surface area contributed by atoms with Gasteiger partial charge in [0.25, 0.3) is 5.91 Å². The minimum Gasteiger partial charge on any atom is -0.326 e. The van der Waals surface area contributed by atoms with Crippen LogP contribution in [-0.2, 0) is 6.54 Å². The lowest BCUT2D eigenvalue weighted by Crippen LogP contribution is -2.12. The number of nitrogens with zero attached hydrogens (tertiary/aromatic N) is 2. The Labute approximate surface area is 128 Å². The summed E-state index contributed by atoms with van der Waals surface area (Å²) < 4.78 is 0. The van der Waals surface area contributed by atoms with Gasteiger partial charge in [0, 0.05) is 18.0 Å². The van der Waals surface area contributed by atoms with E-state index in [1.807, 2.05) is 12.1 Å². The van der Waals surface area contributed by atoms with Gasteiger partial charge in [-0.2, -0.15) is 0 Å². The Hall–Kier alpha value is -1.79. The van der Waals surface area contributed by atoms with E-state index in [1.54, 1.807) is 12.1 Å². The van der Waals surface area contributed by atoms with E-state index in [0.29, 0.717) is 23.2 Å². The van der Waals surface area contributed by atoms with Crippen LogP contribution in [0.25, 0.3) is 0 Å². The summed E-state index contributed by atoms with van der Waals surface area (Å²) in [6.45, 7) is 4.68. The zero-order valence-corrected chi connectivity index (χ0v) is 13.1. The van der Waals surface area contributed by atoms with Crippen LogP contribution in [0.2, 0.25) is 0 Å². The lowest BCUT2D eigenvalue weighted by Gasteiger charge is -2.06. The van der Waals surface area contributed by atoms with Crippen LogP contribution >= 0.6 is 11.3 Å². The lowest BCUT2D eigenvalue weighted by atomic mass is 10.1. The number of anilines is 1. The molecule has 1 aromatic carbocycles. The van der Waals surface area contributed by atoms with Gasteiger partial charge in [-0.25, -0.2) is 0 Å². The van der Waals surface area contributed by atoms with Crippen LogP contribution in [0.4, 0.5) is 5.13 Å². The van der Waals surface area contributed by atoms with Gasteiger partial charge in [-0.1, -0.05) is 37.3 Å². The predicted molar refractivity (Wildman–Crippen MR) is 85.5 cm³/mol. The van der Waals surface area contributed by atoms with Gasteiger partial charge >= 0.3 is 0 Å². The second-order valence-corrected chi connectivity index (χ2v) is 5.83. The Bertz CT molecular complexity index is 607. The van der Waals surface area contributed by atoms with E-state index in [9.17, 15) is 4.79 Å². The van der Waals surface area contributed by atoms with Crippen molar-refractivity contribution in [2.45, 2.75) is 39.2 Å². The average Bonchev–Trinajstić information content (AvgIpc) is 2.97. The Morgan fingerprint density at radius 2 is 2.10 bits per heavy atom. The average molecular weight is 304 g/mol. The van der Waals surface area contributed by atoms with Gasteiger partial charge in [0.1, 0.15) is 5.01 Å². The van der Waals surface area contributed by atoms with Crippen LogP contribution in [0.1, 0.15) is 53.5 Å². The van der Waals surface area contributed by atoms with E-state index < -0.39 is 0 Å². The number of aromatic nitrogens is 2. The third-order valence-electron chi connectivity index (χ3n) is 3.42. The van der Waals surface area contributed by atoms with Crippen LogP contribution in [0.15, 0.2) is 24.3 Å². The molecule has 6 heteroatoms. The summed E-state index contributed by atoms with van der Waals surface area (Å²) in [5.74, 6) is 0.228. The van der Waals surface area contributed by atoms with E-state index >= 15 is 0 Å². The summed E-state index contributed by atoms with van der Waals surface area (Å²) >= 11 is 1.44. The maximum absolute atomic E-state index is 12.2. The van der Waals surface area contributed by atoms with E-state index in [1.165, 1.54) is 11.3 Å². The summed E-state index contributed by atoms with van der Waals surface area (Å²) in [6.07, 6.45) is 2.05. The second kappa shape index (κ2) is 7.28. The molecule has 0 bridgehead atoms. The number of nitrogens with one attached hydrogen (secondary N) is 1. The van der Waals surface area contributed by atoms with Crippen LogP contribution in [0.3, 0.4) is 0 Å². The number of carbonyl (C=O) groups is 1. The molecule has 1 amide bonds. The summed E-state index contributed by atoms with van der Waals surface area (Å²) in [5.41, 5.74) is 7.10. The molecular formula is C15H20N4OS. The molecule has 0 unspecified atom stereocenters. The molecule has 1 aromatic heterocycles. The maximum atomic E-state index is 12.2. The lowest BCUT2D eigenvalue weighted by molar-refractivity contribution is 0.102. The van der Waals surface area contributed by atoms with Gasteiger partial charge in [-0.05, 0) is 30.5 Å². The van der Waals surface area contributed by atoms with Crippen molar-refractivity contribution < 1.29 is 4.79 Å². The number of rotatable bonds is 6. The fourth-order valence-corrected chi connectivity index (χ4v) is 3.10. The Morgan fingerprint density at radius 1 is 1.33 bits per heavy atom. The van der Waals surface area contributed by atoms with Crippen molar-refractivity contribution in [3.63, 3.8) is 0 Å². The third-order valence-corrected chi connectivity index (χ3v) is 4.42. The molecule has 5 nitrogen and oxygen atoms in total. The Kier molecular flexibility index (Phi) is 5.41. The van der Waals surface area contributed by atoms with Crippen LogP contribution in [0.5, 0.6) is 0 Å². The van der Waals surface area contributed by atoms with Crippen molar-refractivity contribution in [1.29, 1.82) is 0 Å². The highest BCUT2D eigenvalue weighted by Crippen LogP contribution is 2.28. The molecule has 1 heterocycles. The van der Waals surface area contributed by atoms with E-state index in [2.05, 4.69) is 29.4 Å². The Balaban J connectivity index is 2.09. The maximum Gasteiger partial charge on any atom is 0.257 e. The van der Waals surface area contributed by atoms with Crippen molar-refractivity contribution in [2.24, 2.45) is 5.73 Å². The highest BCUT2D eigenvalue weighted by molar-refractivity contribution is 7.15. The van der Waals surface area contributed by atoms with E-state index in [4.69, 9.17) is 5.73 Å². The van der Waals surface area contributed by atoms with Crippen LogP contribution in [0, 0.1) is 0 Å². The van der Waals surface area contributed by atoms with Gasteiger partial charge in [-0.3, -0.25) is 10.1 Å². The zero-order chi connectivity index (χ0) is 15.2. The highest BCUT2D eigenvalue weighted by atomic mass is 32.1. The number of carbonyl (C=O) groups excluding carboxylic acids is 1. The molecule has 3 N–H and O–H groups in total. The quantitative estimate of drug-likeness (QED) is 0.859. The number of benzene rings is 1. The van der Waals surface area contributed by atoms with Crippen molar-refractivity contribution in [1.82, 2.24) is 10.2 Å². The minimum absolute atomic E-state index is 0.183. The topological polar surface area (TPSA) is 80.9 Å². The molecule has 0 aliphatic carbocycles. The summed E-state index contributed by atoms with van der Waals surface area (Å²) in [7, 11) is 0. The van der Waals surface area contributed by atoms with Crippen LogP contribution < -0.4 is 11.1 Å². The summed E-state index contributed by atoms with van der Waals surface area (Å²) in [5, 5.41) is 12.5. The molecule has 21 heavy (non-hydrogen) atoms. The van der Waals surface area contributed by atoms with E-state index in [0.717, 1.165) is 23.4 Å². The molecule has 112 valence electrons. The minimum atomic E-state index is -0.183. The fourth-order valence-electron chi connectivity index (χ4n) is 2.10. The normalized spacial score (nSPS) is 10.9.